The van der Waals surface area contributed by atoms with Crippen molar-refractivity contribution in [3.05, 3.63) is 61.4 Å². The van der Waals surface area contributed by atoms with Gasteiger partial charge in [-0.3, -0.25) is 9.36 Å². The Labute approximate surface area is 145 Å². The maximum Gasteiger partial charge on any atom is 0.431 e. The Morgan fingerprint density at radius 3 is 2.40 bits per heavy atom. The van der Waals surface area contributed by atoms with E-state index in [1.165, 1.54) is 29.4 Å². The molecule has 0 fully saturated rings. The molecule has 0 radical (unpaired) electrons. The second-order valence-electron chi connectivity index (χ2n) is 5.34. The summed E-state index contributed by atoms with van der Waals surface area (Å²) in [6, 6.07) is 4.57. The van der Waals surface area contributed by atoms with Gasteiger partial charge in [-0.2, -0.15) is 18.3 Å². The maximum atomic E-state index is 12.9. The monoisotopic (exact) mass is 374 g/mol. The van der Waals surface area contributed by atoms with Crippen LogP contribution in [0, 0.1) is 0 Å². The molecule has 0 saturated heterocycles. The van der Waals surface area contributed by atoms with Crippen LogP contribution in [0.3, 0.4) is 0 Å². The van der Waals surface area contributed by atoms with Gasteiger partial charge in [0, 0.05) is 37.8 Å². The van der Waals surface area contributed by atoms with E-state index in [2.05, 4.69) is 5.10 Å². The van der Waals surface area contributed by atoms with Gasteiger partial charge in [-0.25, -0.2) is 9.36 Å². The van der Waals surface area contributed by atoms with Gasteiger partial charge in [0.15, 0.2) is 0 Å². The molecule has 0 spiro atoms. The molecule has 6 nitrogen and oxygen atoms in total. The SMILES string of the molecule is CN(C)N=Cc1cc(-n2c(=O)cc(C(F)(F)F)n(C)c2=O)ccc1Cl. The van der Waals surface area contributed by atoms with E-state index in [0.717, 1.165) is 7.05 Å². The number of hydrogen-bond acceptors (Lipinski definition) is 4. The summed E-state index contributed by atoms with van der Waals surface area (Å²) in [5.41, 5.74) is -3.03. The second-order valence-corrected chi connectivity index (χ2v) is 5.75. The topological polar surface area (TPSA) is 59.6 Å². The molecule has 25 heavy (non-hydrogen) atoms. The molecule has 2 rings (SSSR count). The standard InChI is InChI=1S/C15H14ClF3N4O2/c1-21(2)20-8-9-6-10(4-5-11(9)16)23-13(24)7-12(15(17,18)19)22(3)14(23)25/h4-8H,1-3H3. The number of benzene rings is 1. The van der Waals surface area contributed by atoms with E-state index in [0.29, 0.717) is 25.8 Å². The molecular formula is C15H14ClF3N4O2. The Balaban J connectivity index is 2.68. The van der Waals surface area contributed by atoms with Gasteiger partial charge in [0.25, 0.3) is 5.56 Å². The van der Waals surface area contributed by atoms with Crippen molar-refractivity contribution in [2.24, 2.45) is 12.1 Å². The predicted octanol–water partition coefficient (Wildman–Crippen LogP) is 2.10. The molecule has 2 aromatic rings. The molecule has 1 aromatic carbocycles. The highest BCUT2D eigenvalue weighted by molar-refractivity contribution is 6.33. The zero-order chi connectivity index (χ0) is 18.9. The molecule has 0 bridgehead atoms. The molecule has 0 aliphatic heterocycles. The summed E-state index contributed by atoms with van der Waals surface area (Å²) in [7, 11) is 4.32. The number of rotatable bonds is 3. The van der Waals surface area contributed by atoms with Crippen LogP contribution in [0.5, 0.6) is 0 Å². The van der Waals surface area contributed by atoms with Gasteiger partial charge in [0.05, 0.1) is 11.9 Å². The largest absolute Gasteiger partial charge is 0.431 e. The van der Waals surface area contributed by atoms with E-state index in [-0.39, 0.29) is 5.69 Å². The molecular weight excluding hydrogens is 361 g/mol. The molecule has 0 saturated carbocycles. The van der Waals surface area contributed by atoms with E-state index < -0.39 is 23.1 Å². The van der Waals surface area contributed by atoms with Gasteiger partial charge in [-0.05, 0) is 18.2 Å². The van der Waals surface area contributed by atoms with Gasteiger partial charge in [-0.15, -0.1) is 0 Å². The quantitative estimate of drug-likeness (QED) is 0.610. The fourth-order valence-electron chi connectivity index (χ4n) is 2.08. The smallest absolute Gasteiger partial charge is 0.303 e. The normalized spacial score (nSPS) is 12.0. The van der Waals surface area contributed by atoms with Gasteiger partial charge in [-0.1, -0.05) is 11.6 Å². The lowest BCUT2D eigenvalue weighted by Gasteiger charge is -2.14. The van der Waals surface area contributed by atoms with E-state index in [9.17, 15) is 22.8 Å². The van der Waals surface area contributed by atoms with Crippen molar-refractivity contribution >= 4 is 17.8 Å². The summed E-state index contributed by atoms with van der Waals surface area (Å²) in [5.74, 6) is 0. The zero-order valence-corrected chi connectivity index (χ0v) is 14.3. The van der Waals surface area contributed by atoms with Crippen molar-refractivity contribution in [1.82, 2.24) is 14.1 Å². The second kappa shape index (κ2) is 6.75. The summed E-state index contributed by atoms with van der Waals surface area (Å²) in [6.07, 6.45) is -3.40. The number of hydrogen-bond donors (Lipinski definition) is 0. The third-order valence-corrected chi connectivity index (χ3v) is 3.62. The van der Waals surface area contributed by atoms with Crippen LogP contribution in [-0.4, -0.2) is 34.5 Å². The average Bonchev–Trinajstić information content (AvgIpc) is 2.50. The highest BCUT2D eigenvalue weighted by atomic mass is 35.5. The molecule has 0 amide bonds. The van der Waals surface area contributed by atoms with Crippen LogP contribution in [0.4, 0.5) is 13.2 Å². The third-order valence-electron chi connectivity index (χ3n) is 3.28. The number of alkyl halides is 3. The highest BCUT2D eigenvalue weighted by Gasteiger charge is 2.35. The summed E-state index contributed by atoms with van der Waals surface area (Å²) in [4.78, 5) is 24.4. The Kier molecular flexibility index (Phi) is 5.07. The van der Waals surface area contributed by atoms with Crippen molar-refractivity contribution in [3.8, 4) is 5.69 Å². The van der Waals surface area contributed by atoms with Gasteiger partial charge >= 0.3 is 11.9 Å². The van der Waals surface area contributed by atoms with E-state index in [1.54, 1.807) is 14.1 Å². The van der Waals surface area contributed by atoms with Crippen LogP contribution in [0.15, 0.2) is 39.0 Å². The fourth-order valence-corrected chi connectivity index (χ4v) is 2.25. The summed E-state index contributed by atoms with van der Waals surface area (Å²) in [5, 5.41) is 5.82. The molecule has 0 atom stereocenters. The first kappa shape index (κ1) is 18.8. The van der Waals surface area contributed by atoms with Gasteiger partial charge < -0.3 is 5.01 Å². The average molecular weight is 375 g/mol. The predicted molar refractivity (Wildman–Crippen MR) is 88.6 cm³/mol. The van der Waals surface area contributed by atoms with Crippen molar-refractivity contribution in [2.75, 3.05) is 14.1 Å². The van der Waals surface area contributed by atoms with E-state index in [4.69, 9.17) is 11.6 Å². The molecule has 0 aliphatic carbocycles. The van der Waals surface area contributed by atoms with Crippen LogP contribution in [-0.2, 0) is 13.2 Å². The third kappa shape index (κ3) is 3.93. The highest BCUT2D eigenvalue weighted by Crippen LogP contribution is 2.27. The van der Waals surface area contributed by atoms with E-state index >= 15 is 0 Å². The molecule has 1 aromatic heterocycles. The lowest BCUT2D eigenvalue weighted by atomic mass is 10.2. The Morgan fingerprint density at radius 2 is 1.84 bits per heavy atom. The lowest BCUT2D eigenvalue weighted by Crippen LogP contribution is -2.40. The molecule has 0 aliphatic rings. The van der Waals surface area contributed by atoms with Crippen LogP contribution in [0.2, 0.25) is 5.02 Å². The fraction of sp³-hybridized carbons (Fsp3) is 0.267. The van der Waals surface area contributed by atoms with Crippen molar-refractivity contribution in [1.29, 1.82) is 0 Å². The first-order valence-corrected chi connectivity index (χ1v) is 7.31. The van der Waals surface area contributed by atoms with Crippen molar-refractivity contribution in [2.45, 2.75) is 6.18 Å². The number of nitrogens with zero attached hydrogens (tertiary/aromatic N) is 4. The Bertz CT molecular complexity index is 945. The van der Waals surface area contributed by atoms with Crippen LogP contribution in [0.25, 0.3) is 5.69 Å². The minimum atomic E-state index is -4.81. The minimum absolute atomic E-state index is 0.0870. The van der Waals surface area contributed by atoms with Crippen molar-refractivity contribution in [3.63, 3.8) is 0 Å². The summed E-state index contributed by atoms with van der Waals surface area (Å²) < 4.78 is 39.7. The van der Waals surface area contributed by atoms with Gasteiger partial charge in [0.1, 0.15) is 5.69 Å². The molecule has 10 heteroatoms. The first-order chi connectivity index (χ1) is 11.5. The summed E-state index contributed by atoms with van der Waals surface area (Å²) >= 11 is 6.03. The van der Waals surface area contributed by atoms with Gasteiger partial charge in [0.2, 0.25) is 0 Å². The lowest BCUT2D eigenvalue weighted by molar-refractivity contribution is -0.144. The maximum absolute atomic E-state index is 12.9. The molecule has 0 unspecified atom stereocenters. The molecule has 0 N–H and O–H groups in total. The first-order valence-electron chi connectivity index (χ1n) is 6.94. The molecule has 134 valence electrons. The van der Waals surface area contributed by atoms with Crippen LogP contribution >= 0.6 is 11.6 Å². The van der Waals surface area contributed by atoms with Crippen LogP contribution < -0.4 is 11.2 Å². The van der Waals surface area contributed by atoms with Crippen LogP contribution in [0.1, 0.15) is 11.3 Å². The minimum Gasteiger partial charge on any atom is -0.303 e. The number of halogens is 4. The van der Waals surface area contributed by atoms with Crippen molar-refractivity contribution < 1.29 is 13.2 Å². The van der Waals surface area contributed by atoms with E-state index in [1.807, 2.05) is 0 Å². The zero-order valence-electron chi connectivity index (χ0n) is 13.5. The summed E-state index contributed by atoms with van der Waals surface area (Å²) in [6.45, 7) is 0. The Morgan fingerprint density at radius 1 is 1.20 bits per heavy atom. The Hall–Kier alpha value is -2.55. The molecule has 1 heterocycles. The number of aromatic nitrogens is 2. The number of hydrazone groups is 1.